The highest BCUT2D eigenvalue weighted by molar-refractivity contribution is 5.17. The first kappa shape index (κ1) is 12.5. The number of piperazine rings is 1. The van der Waals surface area contributed by atoms with E-state index in [1.807, 2.05) is 6.92 Å². The summed E-state index contributed by atoms with van der Waals surface area (Å²) >= 11 is 0. The first-order valence-corrected chi connectivity index (χ1v) is 6.06. The molecule has 0 spiro atoms. The summed E-state index contributed by atoms with van der Waals surface area (Å²) in [6.07, 6.45) is 2.27. The Balaban J connectivity index is 2.74. The Labute approximate surface area is 94.6 Å². The van der Waals surface area contributed by atoms with Crippen LogP contribution in [0.25, 0.3) is 0 Å². The normalized spacial score (nSPS) is 19.7. The molecule has 1 aliphatic heterocycles. The highest BCUT2D eigenvalue weighted by Crippen LogP contribution is 2.24. The van der Waals surface area contributed by atoms with E-state index in [4.69, 9.17) is 0 Å². The fourth-order valence-electron chi connectivity index (χ4n) is 2.42. The zero-order valence-corrected chi connectivity index (χ0v) is 10.6. The molecule has 2 heteroatoms. The fraction of sp³-hybridized carbons (Fsp3) is 0.846. The molecular weight excluding hydrogens is 184 g/mol. The number of likely N-dealkylation sites (N-methyl/N-ethyl adjacent to an activating group) is 1. The van der Waals surface area contributed by atoms with Gasteiger partial charge in [-0.2, -0.15) is 0 Å². The first-order chi connectivity index (χ1) is 7.18. The molecule has 0 unspecified atom stereocenters. The van der Waals surface area contributed by atoms with Crippen molar-refractivity contribution in [2.24, 2.45) is 0 Å². The molecule has 0 N–H and O–H groups in total. The second-order valence-corrected chi connectivity index (χ2v) is 4.40. The quantitative estimate of drug-likeness (QED) is 0.653. The molecule has 0 radical (unpaired) electrons. The van der Waals surface area contributed by atoms with Crippen LogP contribution < -0.4 is 0 Å². The van der Waals surface area contributed by atoms with Gasteiger partial charge in [0.05, 0.1) is 5.54 Å². The molecule has 1 rings (SSSR count). The molecule has 15 heavy (non-hydrogen) atoms. The summed E-state index contributed by atoms with van der Waals surface area (Å²) in [6.45, 7) is 11.1. The van der Waals surface area contributed by atoms with Gasteiger partial charge in [0.25, 0.3) is 0 Å². The average molecular weight is 208 g/mol. The van der Waals surface area contributed by atoms with Crippen molar-refractivity contribution in [3.63, 3.8) is 0 Å². The second kappa shape index (κ2) is 5.53. The van der Waals surface area contributed by atoms with Gasteiger partial charge >= 0.3 is 0 Å². The number of hydrogen-bond acceptors (Lipinski definition) is 2. The van der Waals surface area contributed by atoms with Crippen molar-refractivity contribution in [1.29, 1.82) is 0 Å². The minimum Gasteiger partial charge on any atom is -0.304 e. The average Bonchev–Trinajstić information content (AvgIpc) is 2.27. The summed E-state index contributed by atoms with van der Waals surface area (Å²) in [5.41, 5.74) is 0.135. The van der Waals surface area contributed by atoms with Crippen molar-refractivity contribution in [3.05, 3.63) is 0 Å². The van der Waals surface area contributed by atoms with Gasteiger partial charge in [0.1, 0.15) is 0 Å². The van der Waals surface area contributed by atoms with Crippen LogP contribution in [-0.2, 0) is 0 Å². The number of rotatable bonds is 3. The third-order valence-corrected chi connectivity index (χ3v) is 3.64. The molecule has 86 valence electrons. The standard InChI is InChI=1S/C13H24N2/c1-5-8-13(6-2,7-3)15-11-9-14(4)10-12-15/h6-7,9-12H2,1-4H3. The van der Waals surface area contributed by atoms with E-state index in [0.29, 0.717) is 0 Å². The van der Waals surface area contributed by atoms with Crippen LogP contribution in [0.3, 0.4) is 0 Å². The highest BCUT2D eigenvalue weighted by Gasteiger charge is 2.32. The predicted octanol–water partition coefficient (Wildman–Crippen LogP) is 1.82. The Morgan fingerprint density at radius 2 is 1.60 bits per heavy atom. The van der Waals surface area contributed by atoms with Gasteiger partial charge in [-0.1, -0.05) is 19.8 Å². The molecule has 1 heterocycles. The predicted molar refractivity (Wildman–Crippen MR) is 65.8 cm³/mol. The van der Waals surface area contributed by atoms with Gasteiger partial charge in [-0.3, -0.25) is 4.90 Å². The third kappa shape index (κ3) is 2.74. The monoisotopic (exact) mass is 208 g/mol. The van der Waals surface area contributed by atoms with Gasteiger partial charge in [-0.15, -0.1) is 5.92 Å². The Kier molecular flexibility index (Phi) is 4.63. The van der Waals surface area contributed by atoms with Crippen LogP contribution >= 0.6 is 0 Å². The molecule has 0 aromatic heterocycles. The van der Waals surface area contributed by atoms with Crippen LogP contribution in [0.15, 0.2) is 0 Å². The Morgan fingerprint density at radius 3 is 2.00 bits per heavy atom. The van der Waals surface area contributed by atoms with Gasteiger partial charge in [-0.05, 0) is 26.8 Å². The van der Waals surface area contributed by atoms with Crippen LogP contribution in [0.1, 0.15) is 33.6 Å². The van der Waals surface area contributed by atoms with Crippen LogP contribution in [0.4, 0.5) is 0 Å². The highest BCUT2D eigenvalue weighted by atomic mass is 15.3. The van der Waals surface area contributed by atoms with E-state index in [0.717, 1.165) is 25.9 Å². The Hall–Kier alpha value is -0.520. The van der Waals surface area contributed by atoms with E-state index in [2.05, 4.69) is 42.5 Å². The SMILES string of the molecule is CC#CC(CC)(CC)N1CCN(C)CC1. The van der Waals surface area contributed by atoms with Crippen molar-refractivity contribution < 1.29 is 0 Å². The van der Waals surface area contributed by atoms with Crippen molar-refractivity contribution in [2.75, 3.05) is 33.2 Å². The van der Waals surface area contributed by atoms with E-state index >= 15 is 0 Å². The van der Waals surface area contributed by atoms with Crippen LogP contribution in [0.5, 0.6) is 0 Å². The molecule has 0 atom stereocenters. The van der Waals surface area contributed by atoms with Crippen molar-refractivity contribution in [2.45, 2.75) is 39.2 Å². The number of nitrogens with zero attached hydrogens (tertiary/aromatic N) is 2. The molecule has 1 fully saturated rings. The van der Waals surface area contributed by atoms with E-state index in [1.54, 1.807) is 0 Å². The summed E-state index contributed by atoms with van der Waals surface area (Å²) in [5.74, 6) is 6.55. The number of hydrogen-bond donors (Lipinski definition) is 0. The van der Waals surface area contributed by atoms with Gasteiger partial charge in [0.2, 0.25) is 0 Å². The maximum Gasteiger partial charge on any atom is 0.0821 e. The first-order valence-electron chi connectivity index (χ1n) is 6.06. The van der Waals surface area contributed by atoms with Crippen molar-refractivity contribution in [1.82, 2.24) is 9.80 Å². The minimum absolute atomic E-state index is 0.135. The molecule has 0 aliphatic carbocycles. The van der Waals surface area contributed by atoms with Gasteiger partial charge in [0.15, 0.2) is 0 Å². The van der Waals surface area contributed by atoms with Gasteiger partial charge < -0.3 is 4.90 Å². The fourth-order valence-corrected chi connectivity index (χ4v) is 2.42. The van der Waals surface area contributed by atoms with E-state index < -0.39 is 0 Å². The van der Waals surface area contributed by atoms with Crippen molar-refractivity contribution >= 4 is 0 Å². The van der Waals surface area contributed by atoms with Gasteiger partial charge in [-0.25, -0.2) is 0 Å². The van der Waals surface area contributed by atoms with Gasteiger partial charge in [0, 0.05) is 26.2 Å². The summed E-state index contributed by atoms with van der Waals surface area (Å²) in [6, 6.07) is 0. The molecule has 0 aromatic rings. The molecule has 0 aromatic carbocycles. The molecule has 2 nitrogen and oxygen atoms in total. The Bertz CT molecular complexity index is 237. The zero-order valence-electron chi connectivity index (χ0n) is 10.6. The van der Waals surface area contributed by atoms with E-state index in [9.17, 15) is 0 Å². The van der Waals surface area contributed by atoms with E-state index in [1.165, 1.54) is 13.1 Å². The maximum absolute atomic E-state index is 3.44. The second-order valence-electron chi connectivity index (χ2n) is 4.40. The van der Waals surface area contributed by atoms with Crippen molar-refractivity contribution in [3.8, 4) is 11.8 Å². The van der Waals surface area contributed by atoms with Crippen LogP contribution in [0.2, 0.25) is 0 Å². The molecule has 0 saturated carbocycles. The summed E-state index contributed by atoms with van der Waals surface area (Å²) < 4.78 is 0. The zero-order chi connectivity index (χ0) is 11.3. The lowest BCUT2D eigenvalue weighted by Gasteiger charge is -2.43. The van der Waals surface area contributed by atoms with E-state index in [-0.39, 0.29) is 5.54 Å². The molecule has 0 amide bonds. The smallest absolute Gasteiger partial charge is 0.0821 e. The molecule has 0 bridgehead atoms. The largest absolute Gasteiger partial charge is 0.304 e. The Morgan fingerprint density at radius 1 is 1.07 bits per heavy atom. The summed E-state index contributed by atoms with van der Waals surface area (Å²) in [4.78, 5) is 4.97. The maximum atomic E-state index is 3.44. The minimum atomic E-state index is 0.135. The lowest BCUT2D eigenvalue weighted by atomic mass is 9.90. The molecular formula is C13H24N2. The van der Waals surface area contributed by atoms with Crippen LogP contribution in [-0.4, -0.2) is 48.6 Å². The lowest BCUT2D eigenvalue weighted by Crippen LogP contribution is -2.55. The topological polar surface area (TPSA) is 6.48 Å². The summed E-state index contributed by atoms with van der Waals surface area (Å²) in [7, 11) is 2.20. The third-order valence-electron chi connectivity index (χ3n) is 3.64. The summed E-state index contributed by atoms with van der Waals surface area (Å²) in [5, 5.41) is 0. The molecule has 1 aliphatic rings. The van der Waals surface area contributed by atoms with Crippen LogP contribution in [0, 0.1) is 11.8 Å². The molecule has 1 saturated heterocycles. The lowest BCUT2D eigenvalue weighted by molar-refractivity contribution is 0.0695.